The number of piperidine rings is 1. The van der Waals surface area contributed by atoms with Crippen molar-refractivity contribution in [3.63, 3.8) is 0 Å². The van der Waals surface area contributed by atoms with Crippen LogP contribution in [0.3, 0.4) is 0 Å². The predicted molar refractivity (Wildman–Crippen MR) is 96.9 cm³/mol. The molecule has 1 aromatic heterocycles. The monoisotopic (exact) mass is 340 g/mol. The predicted octanol–water partition coefficient (Wildman–Crippen LogP) is 3.41. The van der Waals surface area contributed by atoms with Crippen molar-refractivity contribution in [3.8, 4) is 17.0 Å². The summed E-state index contributed by atoms with van der Waals surface area (Å²) in [5.41, 5.74) is 2.93. The van der Waals surface area contributed by atoms with Gasteiger partial charge >= 0.3 is 5.97 Å². The normalized spacial score (nSPS) is 21.0. The number of carboxylic acids is 1. The van der Waals surface area contributed by atoms with Gasteiger partial charge in [0.15, 0.2) is 0 Å². The number of aliphatic carboxylic acids is 1. The van der Waals surface area contributed by atoms with Crippen LogP contribution < -0.4 is 4.74 Å². The Morgan fingerprint density at radius 2 is 2.12 bits per heavy atom. The van der Waals surface area contributed by atoms with E-state index in [0.717, 1.165) is 42.1 Å². The second-order valence-corrected chi connectivity index (χ2v) is 6.38. The average Bonchev–Trinajstić information content (AvgIpc) is 2.67. The van der Waals surface area contributed by atoms with Crippen molar-refractivity contribution in [1.29, 1.82) is 0 Å². The van der Waals surface area contributed by atoms with Gasteiger partial charge in [-0.15, -0.1) is 0 Å². The molecule has 1 aliphatic rings. The molecule has 2 atom stereocenters. The summed E-state index contributed by atoms with van der Waals surface area (Å²) < 4.78 is 5.40. The Labute approximate surface area is 148 Å². The number of carboxylic acid groups (broad SMARTS) is 1. The molecule has 0 saturated carbocycles. The highest BCUT2D eigenvalue weighted by Gasteiger charge is 2.33. The third-order valence-electron chi connectivity index (χ3n) is 5.05. The molecule has 2 aromatic rings. The van der Waals surface area contributed by atoms with Crippen LogP contribution in [0.4, 0.5) is 0 Å². The highest BCUT2D eigenvalue weighted by atomic mass is 16.5. The van der Waals surface area contributed by atoms with Crippen LogP contribution in [-0.4, -0.2) is 47.2 Å². The van der Waals surface area contributed by atoms with Crippen molar-refractivity contribution in [1.82, 2.24) is 9.88 Å². The standard InChI is InChI=1S/C20H24N2O3/c1-3-22-11-10-14(12-18(22)20(23)24)15-8-9-17(21-13-15)16-6-4-5-7-19(16)25-2/h4-9,13-14,18H,3,10-12H2,1-2H3,(H,23,24). The fraction of sp³-hybridized carbons (Fsp3) is 0.400. The lowest BCUT2D eigenvalue weighted by molar-refractivity contribution is -0.144. The van der Waals surface area contributed by atoms with E-state index in [0.29, 0.717) is 6.42 Å². The van der Waals surface area contributed by atoms with Gasteiger partial charge in [-0.25, -0.2) is 0 Å². The van der Waals surface area contributed by atoms with Crippen molar-refractivity contribution >= 4 is 5.97 Å². The number of nitrogens with zero attached hydrogens (tertiary/aromatic N) is 2. The smallest absolute Gasteiger partial charge is 0.320 e. The number of benzene rings is 1. The third-order valence-corrected chi connectivity index (χ3v) is 5.05. The van der Waals surface area contributed by atoms with E-state index in [-0.39, 0.29) is 5.92 Å². The number of para-hydroxylation sites is 1. The van der Waals surface area contributed by atoms with E-state index in [1.165, 1.54) is 0 Å². The molecule has 0 bridgehead atoms. The summed E-state index contributed by atoms with van der Waals surface area (Å²) in [6, 6.07) is 11.5. The molecule has 0 spiro atoms. The minimum absolute atomic E-state index is 0.239. The van der Waals surface area contributed by atoms with E-state index in [2.05, 4.69) is 11.1 Å². The first-order chi connectivity index (χ1) is 12.1. The van der Waals surface area contributed by atoms with E-state index < -0.39 is 12.0 Å². The molecule has 0 amide bonds. The molecule has 1 N–H and O–H groups in total. The van der Waals surface area contributed by atoms with Gasteiger partial charge in [0.2, 0.25) is 0 Å². The number of pyridine rings is 1. The molecule has 132 valence electrons. The first kappa shape index (κ1) is 17.4. The fourth-order valence-electron chi connectivity index (χ4n) is 3.61. The quantitative estimate of drug-likeness (QED) is 0.904. The molecule has 3 rings (SSSR count). The van der Waals surface area contributed by atoms with Gasteiger partial charge in [-0.3, -0.25) is 14.7 Å². The number of rotatable bonds is 5. The number of likely N-dealkylation sites (N-methyl/N-ethyl adjacent to an activating group) is 1. The van der Waals surface area contributed by atoms with Gasteiger partial charge in [0.25, 0.3) is 0 Å². The van der Waals surface area contributed by atoms with Crippen molar-refractivity contribution in [2.75, 3.05) is 20.2 Å². The SMILES string of the molecule is CCN1CCC(c2ccc(-c3ccccc3OC)nc2)CC1C(=O)O. The van der Waals surface area contributed by atoms with Gasteiger partial charge in [0, 0.05) is 11.8 Å². The van der Waals surface area contributed by atoms with Crippen LogP contribution in [0.25, 0.3) is 11.3 Å². The number of carbonyl (C=O) groups is 1. The lowest BCUT2D eigenvalue weighted by atomic mass is 9.86. The summed E-state index contributed by atoms with van der Waals surface area (Å²) in [5, 5.41) is 9.48. The Morgan fingerprint density at radius 1 is 1.32 bits per heavy atom. The first-order valence-electron chi connectivity index (χ1n) is 8.70. The zero-order valence-corrected chi connectivity index (χ0v) is 14.7. The summed E-state index contributed by atoms with van der Waals surface area (Å²) in [7, 11) is 1.65. The molecule has 2 heterocycles. The van der Waals surface area contributed by atoms with Gasteiger partial charge in [0.1, 0.15) is 11.8 Å². The van der Waals surface area contributed by atoms with Crippen LogP contribution in [0, 0.1) is 0 Å². The number of likely N-dealkylation sites (tertiary alicyclic amines) is 1. The highest BCUT2D eigenvalue weighted by molar-refractivity contribution is 5.73. The van der Waals surface area contributed by atoms with Crippen LogP contribution in [0.5, 0.6) is 5.75 Å². The maximum Gasteiger partial charge on any atom is 0.320 e. The second-order valence-electron chi connectivity index (χ2n) is 6.38. The number of aromatic nitrogens is 1. The second kappa shape index (κ2) is 7.66. The van der Waals surface area contributed by atoms with Gasteiger partial charge in [-0.2, -0.15) is 0 Å². The van der Waals surface area contributed by atoms with Gasteiger partial charge in [-0.05, 0) is 55.6 Å². The van der Waals surface area contributed by atoms with Crippen molar-refractivity contribution in [2.45, 2.75) is 31.7 Å². The molecule has 1 saturated heterocycles. The summed E-state index contributed by atoms with van der Waals surface area (Å²) in [4.78, 5) is 18.2. The Morgan fingerprint density at radius 3 is 2.76 bits per heavy atom. The van der Waals surface area contributed by atoms with E-state index in [1.807, 2.05) is 48.4 Å². The third kappa shape index (κ3) is 3.66. The zero-order chi connectivity index (χ0) is 17.8. The fourth-order valence-corrected chi connectivity index (χ4v) is 3.61. The van der Waals surface area contributed by atoms with E-state index in [4.69, 9.17) is 4.74 Å². The van der Waals surface area contributed by atoms with Gasteiger partial charge in [0.05, 0.1) is 12.8 Å². The molecule has 2 unspecified atom stereocenters. The Hall–Kier alpha value is -2.40. The largest absolute Gasteiger partial charge is 0.496 e. The van der Waals surface area contributed by atoms with Crippen LogP contribution in [-0.2, 0) is 4.79 Å². The average molecular weight is 340 g/mol. The van der Waals surface area contributed by atoms with Gasteiger partial charge in [-0.1, -0.05) is 25.1 Å². The highest BCUT2D eigenvalue weighted by Crippen LogP contribution is 2.33. The van der Waals surface area contributed by atoms with Gasteiger partial charge < -0.3 is 9.84 Å². The number of hydrogen-bond acceptors (Lipinski definition) is 4. The molecule has 25 heavy (non-hydrogen) atoms. The summed E-state index contributed by atoms with van der Waals surface area (Å²) in [6.07, 6.45) is 3.49. The van der Waals surface area contributed by atoms with Crippen LogP contribution >= 0.6 is 0 Å². The van der Waals surface area contributed by atoms with Crippen molar-refractivity contribution in [3.05, 3.63) is 48.2 Å². The molecule has 1 aromatic carbocycles. The molecule has 5 heteroatoms. The summed E-state index contributed by atoms with van der Waals surface area (Å²) in [5.74, 6) is 0.304. The minimum Gasteiger partial charge on any atom is -0.496 e. The molecular weight excluding hydrogens is 316 g/mol. The lowest BCUT2D eigenvalue weighted by Crippen LogP contribution is -2.46. The summed E-state index contributed by atoms with van der Waals surface area (Å²) in [6.45, 7) is 3.60. The number of hydrogen-bond donors (Lipinski definition) is 1. The number of ether oxygens (including phenoxy) is 1. The maximum atomic E-state index is 11.5. The van der Waals surface area contributed by atoms with E-state index in [1.54, 1.807) is 7.11 Å². The van der Waals surface area contributed by atoms with E-state index >= 15 is 0 Å². The van der Waals surface area contributed by atoms with E-state index in [9.17, 15) is 9.90 Å². The maximum absolute atomic E-state index is 11.5. The van der Waals surface area contributed by atoms with Crippen molar-refractivity contribution in [2.24, 2.45) is 0 Å². The number of methoxy groups -OCH3 is 1. The lowest BCUT2D eigenvalue weighted by Gasteiger charge is -2.36. The Balaban J connectivity index is 1.80. The Bertz CT molecular complexity index is 730. The molecular formula is C20H24N2O3. The zero-order valence-electron chi connectivity index (χ0n) is 14.7. The van der Waals surface area contributed by atoms with Crippen LogP contribution in [0.15, 0.2) is 42.6 Å². The van der Waals surface area contributed by atoms with Crippen molar-refractivity contribution < 1.29 is 14.6 Å². The first-order valence-corrected chi connectivity index (χ1v) is 8.70. The molecule has 0 aliphatic carbocycles. The Kier molecular flexibility index (Phi) is 5.34. The van der Waals surface area contributed by atoms with Crippen LogP contribution in [0.1, 0.15) is 31.2 Å². The molecule has 1 fully saturated rings. The molecule has 0 radical (unpaired) electrons. The summed E-state index contributed by atoms with van der Waals surface area (Å²) >= 11 is 0. The topological polar surface area (TPSA) is 62.7 Å². The minimum atomic E-state index is -0.731. The van der Waals surface area contributed by atoms with Crippen LogP contribution in [0.2, 0.25) is 0 Å². The molecule has 1 aliphatic heterocycles. The molecule has 5 nitrogen and oxygen atoms in total.